The normalized spacial score (nSPS) is 22.8. The number of carbonyl (C=O) groups excluding carboxylic acids is 1. The first-order chi connectivity index (χ1) is 7.59. The van der Waals surface area contributed by atoms with Gasteiger partial charge in [-0.3, -0.25) is 4.79 Å². The summed E-state index contributed by atoms with van der Waals surface area (Å²) in [6.07, 6.45) is 3.61. The van der Waals surface area contributed by atoms with E-state index in [1.165, 1.54) is 6.42 Å². The van der Waals surface area contributed by atoms with Crippen LogP contribution in [0.4, 0.5) is 0 Å². The van der Waals surface area contributed by atoms with Crippen molar-refractivity contribution >= 4 is 5.91 Å². The smallest absolute Gasteiger partial charge is 0.222 e. The number of nitrogens with zero attached hydrogens (tertiary/aromatic N) is 1. The molecule has 1 rings (SSSR count). The second-order valence-electron chi connectivity index (χ2n) is 4.87. The van der Waals surface area contributed by atoms with Gasteiger partial charge in [0.1, 0.15) is 0 Å². The Hall–Kier alpha value is -0.610. The highest BCUT2D eigenvalue weighted by atomic mass is 16.5. The zero-order chi connectivity index (χ0) is 12.0. The van der Waals surface area contributed by atoms with Gasteiger partial charge in [-0.25, -0.2) is 0 Å². The predicted octanol–water partition coefficient (Wildman–Crippen LogP) is 0.999. The lowest BCUT2D eigenvalue weighted by Gasteiger charge is -2.27. The lowest BCUT2D eigenvalue weighted by Crippen LogP contribution is -2.35. The van der Waals surface area contributed by atoms with E-state index < -0.39 is 0 Å². The van der Waals surface area contributed by atoms with Crippen molar-refractivity contribution in [2.75, 3.05) is 26.8 Å². The van der Waals surface area contributed by atoms with Gasteiger partial charge < -0.3 is 15.4 Å². The van der Waals surface area contributed by atoms with E-state index in [0.29, 0.717) is 12.3 Å². The van der Waals surface area contributed by atoms with Crippen molar-refractivity contribution in [3.63, 3.8) is 0 Å². The van der Waals surface area contributed by atoms with Crippen molar-refractivity contribution in [3.05, 3.63) is 0 Å². The number of hydrogen-bond donors (Lipinski definition) is 1. The summed E-state index contributed by atoms with van der Waals surface area (Å²) in [6, 6.07) is 0.107. The van der Waals surface area contributed by atoms with E-state index in [0.717, 1.165) is 32.6 Å². The van der Waals surface area contributed by atoms with E-state index in [2.05, 4.69) is 0 Å². The number of amides is 1. The molecule has 0 radical (unpaired) electrons. The van der Waals surface area contributed by atoms with Gasteiger partial charge in [-0.05, 0) is 32.1 Å². The molecule has 0 spiro atoms. The standard InChI is InChI=1S/C12H24N2O2/c1-10(13)5-6-12(15)14(2)8-11-4-3-7-16-9-11/h10-11H,3-9,13H2,1-2H3. The first-order valence-corrected chi connectivity index (χ1v) is 6.17. The van der Waals surface area contributed by atoms with Crippen LogP contribution in [0.15, 0.2) is 0 Å². The van der Waals surface area contributed by atoms with Crippen LogP contribution in [0.25, 0.3) is 0 Å². The van der Waals surface area contributed by atoms with Crippen molar-refractivity contribution in [1.82, 2.24) is 4.90 Å². The summed E-state index contributed by atoms with van der Waals surface area (Å²) in [7, 11) is 1.87. The van der Waals surface area contributed by atoms with Crippen LogP contribution in [0.5, 0.6) is 0 Å². The fraction of sp³-hybridized carbons (Fsp3) is 0.917. The molecule has 2 unspecified atom stereocenters. The van der Waals surface area contributed by atoms with Crippen LogP contribution in [-0.4, -0.2) is 43.7 Å². The molecule has 0 aliphatic carbocycles. The zero-order valence-electron chi connectivity index (χ0n) is 10.4. The van der Waals surface area contributed by atoms with Crippen LogP contribution in [0.3, 0.4) is 0 Å². The average Bonchev–Trinajstić information content (AvgIpc) is 2.27. The van der Waals surface area contributed by atoms with Crippen LogP contribution in [0, 0.1) is 5.92 Å². The first-order valence-electron chi connectivity index (χ1n) is 6.17. The van der Waals surface area contributed by atoms with Gasteiger partial charge in [0.2, 0.25) is 5.91 Å². The second kappa shape index (κ2) is 6.86. The molecule has 1 fully saturated rings. The Morgan fingerprint density at radius 3 is 2.94 bits per heavy atom. The van der Waals surface area contributed by atoms with E-state index in [1.807, 2.05) is 18.9 Å². The summed E-state index contributed by atoms with van der Waals surface area (Å²) in [4.78, 5) is 13.6. The minimum atomic E-state index is 0.107. The van der Waals surface area contributed by atoms with Crippen LogP contribution < -0.4 is 5.73 Å². The lowest BCUT2D eigenvalue weighted by atomic mass is 10.0. The van der Waals surface area contributed by atoms with E-state index in [9.17, 15) is 4.79 Å². The van der Waals surface area contributed by atoms with Crippen molar-refractivity contribution in [1.29, 1.82) is 0 Å². The molecule has 16 heavy (non-hydrogen) atoms. The molecule has 0 saturated carbocycles. The largest absolute Gasteiger partial charge is 0.381 e. The van der Waals surface area contributed by atoms with Gasteiger partial charge in [-0.15, -0.1) is 0 Å². The van der Waals surface area contributed by atoms with Gasteiger partial charge in [-0.1, -0.05) is 0 Å². The first kappa shape index (κ1) is 13.5. The van der Waals surface area contributed by atoms with E-state index in [4.69, 9.17) is 10.5 Å². The van der Waals surface area contributed by atoms with E-state index >= 15 is 0 Å². The Morgan fingerprint density at radius 2 is 2.38 bits per heavy atom. The van der Waals surface area contributed by atoms with Crippen LogP contribution in [-0.2, 0) is 9.53 Å². The molecule has 1 amide bonds. The summed E-state index contributed by atoms with van der Waals surface area (Å²) in [6.45, 7) is 4.42. The van der Waals surface area contributed by atoms with Gasteiger partial charge in [0.25, 0.3) is 0 Å². The number of nitrogens with two attached hydrogens (primary N) is 1. The van der Waals surface area contributed by atoms with Crippen molar-refractivity contribution in [2.24, 2.45) is 11.7 Å². The lowest BCUT2D eigenvalue weighted by molar-refractivity contribution is -0.131. The molecule has 0 aromatic rings. The van der Waals surface area contributed by atoms with Crippen LogP contribution in [0.2, 0.25) is 0 Å². The number of carbonyl (C=O) groups is 1. The molecule has 94 valence electrons. The molecular formula is C12H24N2O2. The fourth-order valence-electron chi connectivity index (χ4n) is 1.98. The molecule has 1 aliphatic rings. The minimum absolute atomic E-state index is 0.107. The molecule has 0 aromatic carbocycles. The third kappa shape index (κ3) is 4.94. The summed E-state index contributed by atoms with van der Waals surface area (Å²) >= 11 is 0. The molecule has 2 atom stereocenters. The Bertz CT molecular complexity index is 213. The van der Waals surface area contributed by atoms with Crippen molar-refractivity contribution < 1.29 is 9.53 Å². The molecule has 1 aliphatic heterocycles. The van der Waals surface area contributed by atoms with Crippen molar-refractivity contribution in [2.45, 2.75) is 38.6 Å². The minimum Gasteiger partial charge on any atom is -0.381 e. The average molecular weight is 228 g/mol. The predicted molar refractivity (Wildman–Crippen MR) is 64.1 cm³/mol. The Morgan fingerprint density at radius 1 is 1.62 bits per heavy atom. The summed E-state index contributed by atoms with van der Waals surface area (Å²) in [5.74, 6) is 0.709. The number of ether oxygens (including phenoxy) is 1. The molecular weight excluding hydrogens is 204 g/mol. The quantitative estimate of drug-likeness (QED) is 0.763. The van der Waals surface area contributed by atoms with E-state index in [1.54, 1.807) is 0 Å². The summed E-state index contributed by atoms with van der Waals surface area (Å²) in [5, 5.41) is 0. The van der Waals surface area contributed by atoms with Crippen LogP contribution in [0.1, 0.15) is 32.6 Å². The topological polar surface area (TPSA) is 55.6 Å². The highest BCUT2D eigenvalue weighted by Gasteiger charge is 2.18. The molecule has 4 heteroatoms. The highest BCUT2D eigenvalue weighted by Crippen LogP contribution is 2.14. The fourth-order valence-corrected chi connectivity index (χ4v) is 1.98. The molecule has 0 bridgehead atoms. The third-order valence-corrected chi connectivity index (χ3v) is 3.03. The Kier molecular flexibility index (Phi) is 5.77. The number of hydrogen-bond acceptors (Lipinski definition) is 3. The zero-order valence-corrected chi connectivity index (χ0v) is 10.4. The van der Waals surface area contributed by atoms with Gasteiger partial charge in [-0.2, -0.15) is 0 Å². The molecule has 4 nitrogen and oxygen atoms in total. The van der Waals surface area contributed by atoms with Gasteiger partial charge in [0.15, 0.2) is 0 Å². The summed E-state index contributed by atoms with van der Waals surface area (Å²) < 4.78 is 5.40. The van der Waals surface area contributed by atoms with Crippen LogP contribution >= 0.6 is 0 Å². The van der Waals surface area contributed by atoms with Gasteiger partial charge in [0, 0.05) is 32.7 Å². The van der Waals surface area contributed by atoms with Crippen molar-refractivity contribution in [3.8, 4) is 0 Å². The third-order valence-electron chi connectivity index (χ3n) is 3.03. The second-order valence-corrected chi connectivity index (χ2v) is 4.87. The maximum Gasteiger partial charge on any atom is 0.222 e. The Balaban J connectivity index is 2.21. The summed E-state index contributed by atoms with van der Waals surface area (Å²) in [5.41, 5.74) is 5.63. The molecule has 0 aromatic heterocycles. The molecule has 1 heterocycles. The Labute approximate surface area is 98.1 Å². The molecule has 2 N–H and O–H groups in total. The maximum atomic E-state index is 11.8. The monoisotopic (exact) mass is 228 g/mol. The SMILES string of the molecule is CC(N)CCC(=O)N(C)CC1CCCOC1. The number of rotatable bonds is 5. The van der Waals surface area contributed by atoms with E-state index in [-0.39, 0.29) is 11.9 Å². The highest BCUT2D eigenvalue weighted by molar-refractivity contribution is 5.75. The maximum absolute atomic E-state index is 11.8. The van der Waals surface area contributed by atoms with Gasteiger partial charge in [0.05, 0.1) is 6.61 Å². The molecule has 1 saturated heterocycles. The van der Waals surface area contributed by atoms with Gasteiger partial charge >= 0.3 is 0 Å².